The number of benzene rings is 1. The Bertz CT molecular complexity index is 1110. The molecule has 35 heavy (non-hydrogen) atoms. The second-order valence-electron chi connectivity index (χ2n) is 10.3. The summed E-state index contributed by atoms with van der Waals surface area (Å²) >= 11 is 1.50. The summed E-state index contributed by atoms with van der Waals surface area (Å²) in [4.78, 5) is 47.1. The predicted molar refractivity (Wildman–Crippen MR) is 136 cm³/mol. The number of thiazole rings is 1. The number of carbonyl (C=O) groups excluding carboxylic acids is 3. The lowest BCUT2D eigenvalue weighted by molar-refractivity contribution is -0.141. The summed E-state index contributed by atoms with van der Waals surface area (Å²) in [6, 6.07) is 3.94. The Kier molecular flexibility index (Phi) is 7.98. The number of rotatable bonds is 6. The van der Waals surface area contributed by atoms with Gasteiger partial charge in [-0.25, -0.2) is 4.98 Å². The number of β-amino-alcohol motifs (C(OH)–C–C–N with tert-alkyl or cyclic N) is 1. The molecule has 9 nitrogen and oxygen atoms in total. The van der Waals surface area contributed by atoms with Crippen molar-refractivity contribution in [1.29, 1.82) is 0 Å². The molecule has 1 fully saturated rings. The number of nitrogens with one attached hydrogen (secondary N) is 1. The second kappa shape index (κ2) is 10.4. The molecule has 3 atom stereocenters. The number of hydrogen-bond donors (Lipinski definition) is 3. The normalized spacial score (nSPS) is 18.9. The third-order valence-corrected chi connectivity index (χ3v) is 7.25. The molecule has 0 spiro atoms. The summed E-state index contributed by atoms with van der Waals surface area (Å²) in [5, 5.41) is 13.0. The minimum Gasteiger partial charge on any atom is -0.391 e. The van der Waals surface area contributed by atoms with Gasteiger partial charge in [-0.05, 0) is 29.5 Å². The molecule has 1 aromatic heterocycles. The van der Waals surface area contributed by atoms with E-state index >= 15 is 0 Å². The van der Waals surface area contributed by atoms with Gasteiger partial charge >= 0.3 is 0 Å². The molecule has 0 unspecified atom stereocenters. The lowest BCUT2D eigenvalue weighted by atomic mass is 9.86. The summed E-state index contributed by atoms with van der Waals surface area (Å²) in [7, 11) is 3.36. The molecule has 190 valence electrons. The van der Waals surface area contributed by atoms with Crippen molar-refractivity contribution in [2.45, 2.75) is 58.8 Å². The standard InChI is InChI=1S/C25H35N5O4S/c1-14-20(35-13-28-14)15-7-8-16(18(9-15)23(33)29(5)6)11-27-22(32)19-10-17(31)12-30(19)24(34)21(26)25(2,3)4/h7-9,13,17,19,21,31H,10-12,26H2,1-6H3,(H,27,32)/t17-,19+,21-/m1/s1. The fraction of sp³-hybridized carbons (Fsp3) is 0.520. The Balaban J connectivity index is 1.81. The van der Waals surface area contributed by atoms with Crippen LogP contribution in [0.25, 0.3) is 10.4 Å². The van der Waals surface area contributed by atoms with Crippen molar-refractivity contribution in [2.75, 3.05) is 20.6 Å². The van der Waals surface area contributed by atoms with Crippen molar-refractivity contribution < 1.29 is 19.5 Å². The molecule has 10 heteroatoms. The molecule has 4 N–H and O–H groups in total. The number of nitrogens with two attached hydrogens (primary N) is 1. The number of carbonyl (C=O) groups is 3. The first-order valence-electron chi connectivity index (χ1n) is 11.6. The van der Waals surface area contributed by atoms with Crippen LogP contribution in [0.4, 0.5) is 0 Å². The van der Waals surface area contributed by atoms with Gasteiger partial charge in [0.25, 0.3) is 5.91 Å². The zero-order valence-corrected chi connectivity index (χ0v) is 22.0. The maximum atomic E-state index is 13.1. The summed E-state index contributed by atoms with van der Waals surface area (Å²) in [5.41, 5.74) is 10.3. The van der Waals surface area contributed by atoms with Crippen LogP contribution in [0.5, 0.6) is 0 Å². The van der Waals surface area contributed by atoms with E-state index in [1.54, 1.807) is 19.6 Å². The van der Waals surface area contributed by atoms with Crippen LogP contribution in [0, 0.1) is 12.3 Å². The van der Waals surface area contributed by atoms with Crippen LogP contribution in [0.15, 0.2) is 23.7 Å². The largest absolute Gasteiger partial charge is 0.391 e. The summed E-state index contributed by atoms with van der Waals surface area (Å²) < 4.78 is 0. The van der Waals surface area contributed by atoms with Gasteiger partial charge in [0.2, 0.25) is 11.8 Å². The van der Waals surface area contributed by atoms with Crippen LogP contribution in [-0.4, -0.2) is 76.4 Å². The van der Waals surface area contributed by atoms with E-state index in [4.69, 9.17) is 5.73 Å². The van der Waals surface area contributed by atoms with E-state index in [1.807, 2.05) is 45.9 Å². The van der Waals surface area contributed by atoms with Crippen LogP contribution in [0.2, 0.25) is 0 Å². The molecule has 1 saturated heterocycles. The zero-order chi connectivity index (χ0) is 26.1. The Morgan fingerprint density at radius 1 is 1.31 bits per heavy atom. The van der Waals surface area contributed by atoms with Gasteiger partial charge in [0.15, 0.2) is 0 Å². The molecule has 0 saturated carbocycles. The first-order chi connectivity index (χ1) is 16.3. The number of aliphatic hydroxyl groups is 1. The third kappa shape index (κ3) is 5.88. The molecular weight excluding hydrogens is 466 g/mol. The molecule has 1 aromatic carbocycles. The van der Waals surface area contributed by atoms with E-state index in [2.05, 4.69) is 10.3 Å². The summed E-state index contributed by atoms with van der Waals surface area (Å²) in [6.07, 6.45) is -0.656. The molecule has 3 rings (SSSR count). The van der Waals surface area contributed by atoms with E-state index in [0.717, 1.165) is 16.1 Å². The first kappa shape index (κ1) is 26.8. The highest BCUT2D eigenvalue weighted by Gasteiger charge is 2.42. The van der Waals surface area contributed by atoms with Crippen LogP contribution in [-0.2, 0) is 16.1 Å². The zero-order valence-electron chi connectivity index (χ0n) is 21.2. The number of aromatic nitrogens is 1. The monoisotopic (exact) mass is 501 g/mol. The fourth-order valence-corrected chi connectivity index (χ4v) is 4.85. The molecule has 0 aliphatic carbocycles. The van der Waals surface area contributed by atoms with Gasteiger partial charge in [-0.15, -0.1) is 11.3 Å². The number of amides is 3. The molecule has 1 aliphatic rings. The van der Waals surface area contributed by atoms with Gasteiger partial charge in [0.1, 0.15) is 6.04 Å². The van der Waals surface area contributed by atoms with Gasteiger partial charge in [-0.2, -0.15) is 0 Å². The number of nitrogens with zero attached hydrogens (tertiary/aromatic N) is 3. The van der Waals surface area contributed by atoms with Gasteiger partial charge in [-0.3, -0.25) is 14.4 Å². The van der Waals surface area contributed by atoms with Gasteiger partial charge in [0.05, 0.1) is 28.2 Å². The Morgan fingerprint density at radius 3 is 2.57 bits per heavy atom. The summed E-state index contributed by atoms with van der Waals surface area (Å²) in [5.74, 6) is -0.925. The van der Waals surface area contributed by atoms with Crippen LogP contribution in [0.1, 0.15) is 48.8 Å². The van der Waals surface area contributed by atoms with Crippen molar-refractivity contribution in [3.8, 4) is 10.4 Å². The molecule has 0 radical (unpaired) electrons. The summed E-state index contributed by atoms with van der Waals surface area (Å²) in [6.45, 7) is 7.67. The molecular formula is C25H35N5O4S. The quantitative estimate of drug-likeness (QED) is 0.553. The minimum absolute atomic E-state index is 0.0635. The lowest BCUT2D eigenvalue weighted by Gasteiger charge is -2.32. The Morgan fingerprint density at radius 2 is 2.00 bits per heavy atom. The molecule has 1 aliphatic heterocycles. The van der Waals surface area contributed by atoms with Crippen molar-refractivity contribution >= 4 is 29.1 Å². The van der Waals surface area contributed by atoms with Crippen molar-refractivity contribution in [1.82, 2.24) is 20.1 Å². The first-order valence-corrected chi connectivity index (χ1v) is 12.5. The van der Waals surface area contributed by atoms with Crippen molar-refractivity contribution in [2.24, 2.45) is 11.1 Å². The van der Waals surface area contributed by atoms with Crippen LogP contribution >= 0.6 is 11.3 Å². The second-order valence-corrected chi connectivity index (χ2v) is 11.2. The number of likely N-dealkylation sites (tertiary alicyclic amines) is 1. The third-order valence-electron chi connectivity index (χ3n) is 6.27. The molecule has 2 heterocycles. The van der Waals surface area contributed by atoms with E-state index < -0.39 is 23.6 Å². The number of aliphatic hydroxyl groups excluding tert-OH is 1. The lowest BCUT2D eigenvalue weighted by Crippen LogP contribution is -2.54. The maximum absolute atomic E-state index is 13.1. The van der Waals surface area contributed by atoms with Crippen molar-refractivity contribution in [3.05, 3.63) is 40.5 Å². The smallest absolute Gasteiger partial charge is 0.253 e. The van der Waals surface area contributed by atoms with E-state index in [0.29, 0.717) is 11.1 Å². The predicted octanol–water partition coefficient (Wildman–Crippen LogP) is 1.77. The SMILES string of the molecule is Cc1ncsc1-c1ccc(CNC(=O)[C@@H]2C[C@@H](O)CN2C(=O)[C@@H](N)C(C)(C)C)c(C(=O)N(C)C)c1. The molecule has 0 bridgehead atoms. The van der Waals surface area contributed by atoms with E-state index in [1.165, 1.54) is 21.1 Å². The van der Waals surface area contributed by atoms with Gasteiger partial charge in [0, 0.05) is 39.2 Å². The minimum atomic E-state index is -0.821. The highest BCUT2D eigenvalue weighted by Crippen LogP contribution is 2.30. The number of hydrogen-bond acceptors (Lipinski definition) is 7. The molecule has 2 aromatic rings. The number of aryl methyl sites for hydroxylation is 1. The molecule has 3 amide bonds. The van der Waals surface area contributed by atoms with E-state index in [-0.39, 0.29) is 37.2 Å². The van der Waals surface area contributed by atoms with Crippen LogP contribution < -0.4 is 11.1 Å². The average molecular weight is 502 g/mol. The van der Waals surface area contributed by atoms with Gasteiger partial charge < -0.3 is 26.0 Å². The maximum Gasteiger partial charge on any atom is 0.253 e. The highest BCUT2D eigenvalue weighted by atomic mass is 32.1. The Hall–Kier alpha value is -2.82. The fourth-order valence-electron chi connectivity index (χ4n) is 4.05. The van der Waals surface area contributed by atoms with Crippen molar-refractivity contribution in [3.63, 3.8) is 0 Å². The average Bonchev–Trinajstić information content (AvgIpc) is 3.40. The topological polar surface area (TPSA) is 129 Å². The van der Waals surface area contributed by atoms with E-state index in [9.17, 15) is 19.5 Å². The van der Waals surface area contributed by atoms with Gasteiger partial charge in [-0.1, -0.05) is 32.9 Å². The Labute approximate surface area is 210 Å². The van der Waals surface area contributed by atoms with Crippen LogP contribution in [0.3, 0.4) is 0 Å². The highest BCUT2D eigenvalue weighted by molar-refractivity contribution is 7.13.